The van der Waals surface area contributed by atoms with Crippen molar-refractivity contribution in [2.24, 2.45) is 0 Å². The van der Waals surface area contributed by atoms with Gasteiger partial charge in [-0.15, -0.1) is 0 Å². The largest absolute Gasteiger partial charge is 0.457 e. The third kappa shape index (κ3) is 3.93. The zero-order valence-electron chi connectivity index (χ0n) is 13.3. The second-order valence-corrected chi connectivity index (χ2v) is 5.77. The summed E-state index contributed by atoms with van der Waals surface area (Å²) in [7, 11) is 0. The van der Waals surface area contributed by atoms with Crippen LogP contribution in [0.3, 0.4) is 0 Å². The second-order valence-electron chi connectivity index (χ2n) is 5.77. The molecule has 0 saturated carbocycles. The number of carbonyl (C=O) groups excluding carboxylic acids is 1. The Kier molecular flexibility index (Phi) is 4.98. The molecule has 1 aromatic carbocycles. The predicted molar refractivity (Wildman–Crippen MR) is 86.9 cm³/mol. The number of ether oxygens (including phenoxy) is 1. The molecule has 1 aliphatic rings. The van der Waals surface area contributed by atoms with E-state index >= 15 is 0 Å². The summed E-state index contributed by atoms with van der Waals surface area (Å²) in [6.07, 6.45) is 4.51. The fraction of sp³-hybridized carbons (Fsp3) is 0.389. The van der Waals surface area contributed by atoms with Crippen LogP contribution in [-0.4, -0.2) is 40.0 Å². The molecule has 0 radical (unpaired) electrons. The lowest BCUT2D eigenvalue weighted by Crippen LogP contribution is -2.25. The van der Waals surface area contributed by atoms with Crippen LogP contribution < -0.4 is 0 Å². The summed E-state index contributed by atoms with van der Waals surface area (Å²) in [4.78, 5) is 22.7. The van der Waals surface area contributed by atoms with Gasteiger partial charge in [-0.25, -0.2) is 14.8 Å². The van der Waals surface area contributed by atoms with Gasteiger partial charge >= 0.3 is 5.97 Å². The molecule has 3 rings (SSSR count). The number of rotatable bonds is 5. The monoisotopic (exact) mass is 311 g/mol. The average molecular weight is 311 g/mol. The van der Waals surface area contributed by atoms with E-state index in [0.29, 0.717) is 12.0 Å². The Morgan fingerprint density at radius 2 is 2.17 bits per heavy atom. The SMILES string of the molecule is CCc1ncncc1C(=O)O[C@@H]1CCN(Cc2ccccc2)C1. The van der Waals surface area contributed by atoms with Crippen molar-refractivity contribution in [1.29, 1.82) is 0 Å². The maximum absolute atomic E-state index is 12.3. The summed E-state index contributed by atoms with van der Waals surface area (Å²) >= 11 is 0. The van der Waals surface area contributed by atoms with Crippen molar-refractivity contribution in [3.63, 3.8) is 0 Å². The van der Waals surface area contributed by atoms with E-state index in [4.69, 9.17) is 4.74 Å². The third-order valence-electron chi connectivity index (χ3n) is 4.10. The Morgan fingerprint density at radius 3 is 2.96 bits per heavy atom. The number of benzene rings is 1. The molecule has 1 fully saturated rings. The highest BCUT2D eigenvalue weighted by molar-refractivity contribution is 5.90. The van der Waals surface area contributed by atoms with Gasteiger partial charge in [0.1, 0.15) is 12.4 Å². The summed E-state index contributed by atoms with van der Waals surface area (Å²) in [5.74, 6) is -0.311. The molecule has 1 saturated heterocycles. The maximum Gasteiger partial charge on any atom is 0.341 e. The summed E-state index contributed by atoms with van der Waals surface area (Å²) < 4.78 is 5.65. The minimum Gasteiger partial charge on any atom is -0.457 e. The van der Waals surface area contributed by atoms with Crippen molar-refractivity contribution in [2.75, 3.05) is 13.1 Å². The van der Waals surface area contributed by atoms with Crippen LogP contribution in [0.25, 0.3) is 0 Å². The first-order valence-corrected chi connectivity index (χ1v) is 8.02. The normalized spacial score (nSPS) is 18.0. The summed E-state index contributed by atoms with van der Waals surface area (Å²) in [6, 6.07) is 10.4. The Morgan fingerprint density at radius 1 is 1.35 bits per heavy atom. The van der Waals surface area contributed by atoms with Crippen molar-refractivity contribution in [2.45, 2.75) is 32.4 Å². The molecule has 0 spiro atoms. The minimum absolute atomic E-state index is 0.0591. The van der Waals surface area contributed by atoms with Gasteiger partial charge in [0.05, 0.1) is 11.3 Å². The number of likely N-dealkylation sites (tertiary alicyclic amines) is 1. The lowest BCUT2D eigenvalue weighted by molar-refractivity contribution is 0.0318. The Bertz CT molecular complexity index is 660. The lowest BCUT2D eigenvalue weighted by atomic mass is 10.2. The van der Waals surface area contributed by atoms with Gasteiger partial charge in [-0.3, -0.25) is 4.90 Å². The standard InChI is InChI=1S/C18H21N3O2/c1-2-17-16(10-19-13-20-17)18(22)23-15-8-9-21(12-15)11-14-6-4-3-5-7-14/h3-7,10,13,15H,2,8-9,11-12H2,1H3/t15-/m1/s1. The molecule has 0 amide bonds. The quantitative estimate of drug-likeness (QED) is 0.794. The molecule has 2 heterocycles. The maximum atomic E-state index is 12.3. The van der Waals surface area contributed by atoms with Crippen molar-refractivity contribution in [3.05, 3.63) is 59.7 Å². The molecule has 1 aromatic heterocycles. The molecule has 120 valence electrons. The van der Waals surface area contributed by atoms with Crippen LogP contribution in [0.15, 0.2) is 42.9 Å². The first-order valence-electron chi connectivity index (χ1n) is 8.02. The van der Waals surface area contributed by atoms with Crippen molar-refractivity contribution >= 4 is 5.97 Å². The highest BCUT2D eigenvalue weighted by atomic mass is 16.5. The van der Waals surface area contributed by atoms with Gasteiger partial charge in [0.2, 0.25) is 0 Å². The smallest absolute Gasteiger partial charge is 0.341 e. The average Bonchev–Trinajstić information content (AvgIpc) is 3.02. The number of hydrogen-bond acceptors (Lipinski definition) is 5. The molecule has 5 nitrogen and oxygen atoms in total. The zero-order chi connectivity index (χ0) is 16.1. The Labute approximate surface area is 136 Å². The summed E-state index contributed by atoms with van der Waals surface area (Å²) in [6.45, 7) is 4.58. The van der Waals surface area contributed by atoms with Gasteiger partial charge < -0.3 is 4.74 Å². The van der Waals surface area contributed by atoms with E-state index in [1.165, 1.54) is 11.9 Å². The predicted octanol–water partition coefficient (Wildman–Crippen LogP) is 2.47. The first-order chi connectivity index (χ1) is 11.3. The van der Waals surface area contributed by atoms with Gasteiger partial charge in [0.15, 0.2) is 0 Å². The van der Waals surface area contributed by atoms with E-state index in [1.807, 2.05) is 25.1 Å². The molecule has 0 aliphatic carbocycles. The summed E-state index contributed by atoms with van der Waals surface area (Å²) in [5, 5.41) is 0. The van der Waals surface area contributed by atoms with Crippen LogP contribution in [0.4, 0.5) is 0 Å². The number of carbonyl (C=O) groups is 1. The van der Waals surface area contributed by atoms with Crippen molar-refractivity contribution in [3.8, 4) is 0 Å². The Hall–Kier alpha value is -2.27. The van der Waals surface area contributed by atoms with Crippen LogP contribution in [0.5, 0.6) is 0 Å². The molecule has 0 bridgehead atoms. The highest BCUT2D eigenvalue weighted by Crippen LogP contribution is 2.18. The van der Waals surface area contributed by atoms with Gasteiger partial charge in [0, 0.05) is 25.8 Å². The van der Waals surface area contributed by atoms with E-state index in [2.05, 4.69) is 27.0 Å². The molecule has 1 aliphatic heterocycles. The Balaban J connectivity index is 1.56. The minimum atomic E-state index is -0.311. The molecular weight excluding hydrogens is 290 g/mol. The molecule has 1 atom stereocenters. The van der Waals surface area contributed by atoms with E-state index < -0.39 is 0 Å². The zero-order valence-corrected chi connectivity index (χ0v) is 13.3. The second kappa shape index (κ2) is 7.33. The molecule has 0 unspecified atom stereocenters. The molecular formula is C18H21N3O2. The lowest BCUT2D eigenvalue weighted by Gasteiger charge is -2.16. The van der Waals surface area contributed by atoms with Crippen molar-refractivity contribution < 1.29 is 9.53 Å². The molecule has 0 N–H and O–H groups in total. The van der Waals surface area contributed by atoms with Gasteiger partial charge in [-0.1, -0.05) is 37.3 Å². The van der Waals surface area contributed by atoms with E-state index in [9.17, 15) is 4.79 Å². The van der Waals surface area contributed by atoms with Gasteiger partial charge in [-0.2, -0.15) is 0 Å². The number of aromatic nitrogens is 2. The van der Waals surface area contributed by atoms with Crippen LogP contribution in [0.2, 0.25) is 0 Å². The summed E-state index contributed by atoms with van der Waals surface area (Å²) in [5.41, 5.74) is 2.50. The van der Waals surface area contributed by atoms with Crippen LogP contribution in [-0.2, 0) is 17.7 Å². The topological polar surface area (TPSA) is 55.3 Å². The van der Waals surface area contributed by atoms with E-state index in [0.717, 1.165) is 31.7 Å². The molecule has 2 aromatic rings. The first kappa shape index (κ1) is 15.6. The fourth-order valence-electron chi connectivity index (χ4n) is 2.90. The van der Waals surface area contributed by atoms with E-state index in [1.54, 1.807) is 6.20 Å². The van der Waals surface area contributed by atoms with Crippen LogP contribution >= 0.6 is 0 Å². The van der Waals surface area contributed by atoms with Crippen LogP contribution in [0.1, 0.15) is 35.0 Å². The van der Waals surface area contributed by atoms with E-state index in [-0.39, 0.29) is 12.1 Å². The number of nitrogens with zero attached hydrogens (tertiary/aromatic N) is 3. The number of aryl methyl sites for hydroxylation is 1. The third-order valence-corrected chi connectivity index (χ3v) is 4.10. The molecule has 5 heteroatoms. The number of hydrogen-bond donors (Lipinski definition) is 0. The van der Waals surface area contributed by atoms with Crippen LogP contribution in [0, 0.1) is 0 Å². The molecule has 23 heavy (non-hydrogen) atoms. The van der Waals surface area contributed by atoms with Gasteiger partial charge in [-0.05, 0) is 18.4 Å². The van der Waals surface area contributed by atoms with Gasteiger partial charge in [0.25, 0.3) is 0 Å². The fourth-order valence-corrected chi connectivity index (χ4v) is 2.90. The highest BCUT2D eigenvalue weighted by Gasteiger charge is 2.26. The van der Waals surface area contributed by atoms with Crippen molar-refractivity contribution in [1.82, 2.24) is 14.9 Å². The number of esters is 1.